The monoisotopic (exact) mass is 304 g/mol. The molecule has 0 radical (unpaired) electrons. The fraction of sp³-hybridized carbons (Fsp3) is 0.500. The van der Waals surface area contributed by atoms with Crippen molar-refractivity contribution < 1.29 is 9.59 Å². The molecule has 0 bridgehead atoms. The SMILES string of the molecule is CC1(C)CCN(C(=O)c2ccc3c(c2)CC(=O)N3)CCS1. The van der Waals surface area contributed by atoms with Crippen molar-refractivity contribution in [1.82, 2.24) is 4.90 Å². The largest absolute Gasteiger partial charge is 0.338 e. The molecule has 1 aromatic carbocycles. The van der Waals surface area contributed by atoms with Gasteiger partial charge in [0.25, 0.3) is 5.91 Å². The smallest absolute Gasteiger partial charge is 0.253 e. The topological polar surface area (TPSA) is 49.4 Å². The van der Waals surface area contributed by atoms with Crippen LogP contribution in [0.5, 0.6) is 0 Å². The summed E-state index contributed by atoms with van der Waals surface area (Å²) in [7, 11) is 0. The van der Waals surface area contributed by atoms with Crippen LogP contribution in [-0.2, 0) is 11.2 Å². The molecule has 1 aromatic rings. The average molecular weight is 304 g/mol. The number of rotatable bonds is 1. The van der Waals surface area contributed by atoms with Crippen LogP contribution in [0.15, 0.2) is 18.2 Å². The van der Waals surface area contributed by atoms with Crippen molar-refractivity contribution in [3.63, 3.8) is 0 Å². The van der Waals surface area contributed by atoms with Gasteiger partial charge < -0.3 is 10.2 Å². The molecule has 0 aromatic heterocycles. The second-order valence-electron chi connectivity index (χ2n) is 6.25. The fourth-order valence-electron chi connectivity index (χ4n) is 2.77. The van der Waals surface area contributed by atoms with Gasteiger partial charge in [-0.05, 0) is 30.2 Å². The van der Waals surface area contributed by atoms with E-state index in [1.165, 1.54) is 0 Å². The molecule has 2 aliphatic rings. The molecule has 0 atom stereocenters. The van der Waals surface area contributed by atoms with E-state index in [1.54, 1.807) is 0 Å². The van der Waals surface area contributed by atoms with Gasteiger partial charge in [-0.1, -0.05) is 13.8 Å². The van der Waals surface area contributed by atoms with E-state index < -0.39 is 0 Å². The molecule has 5 heteroatoms. The van der Waals surface area contributed by atoms with Gasteiger partial charge >= 0.3 is 0 Å². The number of amides is 2. The molecule has 2 aliphatic heterocycles. The predicted octanol–water partition coefficient (Wildman–Crippen LogP) is 2.54. The predicted molar refractivity (Wildman–Crippen MR) is 85.8 cm³/mol. The maximum atomic E-state index is 12.7. The van der Waals surface area contributed by atoms with Gasteiger partial charge in [0.1, 0.15) is 0 Å². The Morgan fingerprint density at radius 3 is 2.95 bits per heavy atom. The van der Waals surface area contributed by atoms with Crippen LogP contribution >= 0.6 is 11.8 Å². The highest BCUT2D eigenvalue weighted by Gasteiger charge is 2.27. The lowest BCUT2D eigenvalue weighted by molar-refractivity contribution is -0.115. The van der Waals surface area contributed by atoms with Crippen LogP contribution in [0.1, 0.15) is 36.2 Å². The van der Waals surface area contributed by atoms with Gasteiger partial charge in [-0.15, -0.1) is 0 Å². The minimum absolute atomic E-state index is 0.00233. The van der Waals surface area contributed by atoms with Gasteiger partial charge in [-0.25, -0.2) is 0 Å². The number of thioether (sulfide) groups is 1. The van der Waals surface area contributed by atoms with Crippen LogP contribution in [0.2, 0.25) is 0 Å². The summed E-state index contributed by atoms with van der Waals surface area (Å²) in [6, 6.07) is 5.51. The summed E-state index contributed by atoms with van der Waals surface area (Å²) in [5.41, 5.74) is 2.45. The molecule has 1 N–H and O–H groups in total. The minimum atomic E-state index is 0.00233. The lowest BCUT2D eigenvalue weighted by atomic mass is 10.1. The van der Waals surface area contributed by atoms with Crippen molar-refractivity contribution >= 4 is 29.3 Å². The molecule has 4 nitrogen and oxygen atoms in total. The summed E-state index contributed by atoms with van der Waals surface area (Å²) in [6.07, 6.45) is 1.38. The van der Waals surface area contributed by atoms with Gasteiger partial charge in [-0.2, -0.15) is 11.8 Å². The summed E-state index contributed by atoms with van der Waals surface area (Å²) in [5, 5.41) is 2.80. The van der Waals surface area contributed by atoms with E-state index in [4.69, 9.17) is 0 Å². The number of benzene rings is 1. The summed E-state index contributed by atoms with van der Waals surface area (Å²) < 4.78 is 0.239. The molecule has 1 fully saturated rings. The van der Waals surface area contributed by atoms with Gasteiger partial charge in [-0.3, -0.25) is 9.59 Å². The van der Waals surface area contributed by atoms with Crippen LogP contribution in [0.25, 0.3) is 0 Å². The molecule has 2 amide bonds. The summed E-state index contributed by atoms with van der Waals surface area (Å²) >= 11 is 1.93. The van der Waals surface area contributed by atoms with E-state index >= 15 is 0 Å². The van der Waals surface area contributed by atoms with Crippen LogP contribution in [0.3, 0.4) is 0 Å². The zero-order valence-corrected chi connectivity index (χ0v) is 13.3. The van der Waals surface area contributed by atoms with Crippen LogP contribution in [-0.4, -0.2) is 40.3 Å². The Morgan fingerprint density at radius 2 is 2.14 bits per heavy atom. The van der Waals surface area contributed by atoms with E-state index in [9.17, 15) is 9.59 Å². The Labute approximate surface area is 129 Å². The number of hydrogen-bond acceptors (Lipinski definition) is 3. The van der Waals surface area contributed by atoms with E-state index in [2.05, 4.69) is 19.2 Å². The molecule has 3 rings (SSSR count). The highest BCUT2D eigenvalue weighted by molar-refractivity contribution is 8.00. The molecule has 0 unspecified atom stereocenters. The second-order valence-corrected chi connectivity index (χ2v) is 8.05. The molecule has 0 spiro atoms. The molecule has 1 saturated heterocycles. The molecular weight excluding hydrogens is 284 g/mol. The van der Waals surface area contributed by atoms with Crippen LogP contribution in [0.4, 0.5) is 5.69 Å². The first kappa shape index (κ1) is 14.4. The summed E-state index contributed by atoms with van der Waals surface area (Å²) in [6.45, 7) is 6.06. The molecule has 0 aliphatic carbocycles. The molecule has 0 saturated carbocycles. The number of nitrogens with zero attached hydrogens (tertiary/aromatic N) is 1. The number of carbonyl (C=O) groups is 2. The lowest BCUT2D eigenvalue weighted by Crippen LogP contribution is -2.33. The average Bonchev–Trinajstić information content (AvgIpc) is 2.70. The first-order valence-corrected chi connectivity index (χ1v) is 8.29. The van der Waals surface area contributed by atoms with Crippen LogP contribution < -0.4 is 5.32 Å². The second kappa shape index (κ2) is 5.37. The Morgan fingerprint density at radius 1 is 1.33 bits per heavy atom. The van der Waals surface area contributed by atoms with Crippen molar-refractivity contribution in [2.75, 3.05) is 24.2 Å². The van der Waals surface area contributed by atoms with Gasteiger partial charge in [0.2, 0.25) is 5.91 Å². The first-order chi connectivity index (χ1) is 9.94. The Balaban J connectivity index is 1.77. The molecule has 2 heterocycles. The maximum absolute atomic E-state index is 12.7. The Bertz CT molecular complexity index is 598. The summed E-state index contributed by atoms with van der Waals surface area (Å²) in [5.74, 6) is 1.06. The third-order valence-electron chi connectivity index (χ3n) is 4.10. The molecule has 21 heavy (non-hydrogen) atoms. The van der Waals surface area contributed by atoms with Crippen molar-refractivity contribution in [2.45, 2.75) is 31.4 Å². The van der Waals surface area contributed by atoms with Crippen molar-refractivity contribution in [3.05, 3.63) is 29.3 Å². The van der Waals surface area contributed by atoms with E-state index in [-0.39, 0.29) is 16.6 Å². The quantitative estimate of drug-likeness (QED) is 0.867. The number of anilines is 1. The van der Waals surface area contributed by atoms with Crippen molar-refractivity contribution in [2.24, 2.45) is 0 Å². The third-order valence-corrected chi connectivity index (χ3v) is 5.47. The standard InChI is InChI=1S/C16H20N2O2S/c1-16(2)5-6-18(7-8-21-16)15(20)11-3-4-13-12(9-11)10-14(19)17-13/h3-4,9H,5-8,10H2,1-2H3,(H,17,19). The summed E-state index contributed by atoms with van der Waals surface area (Å²) in [4.78, 5) is 26.0. The van der Waals surface area contributed by atoms with Crippen LogP contribution in [0, 0.1) is 0 Å². The zero-order valence-electron chi connectivity index (χ0n) is 12.4. The van der Waals surface area contributed by atoms with E-state index in [0.717, 1.165) is 36.5 Å². The van der Waals surface area contributed by atoms with Gasteiger partial charge in [0.15, 0.2) is 0 Å². The molecular formula is C16H20N2O2S. The minimum Gasteiger partial charge on any atom is -0.338 e. The third kappa shape index (κ3) is 3.07. The highest BCUT2D eigenvalue weighted by Crippen LogP contribution is 2.31. The van der Waals surface area contributed by atoms with Crippen molar-refractivity contribution in [3.8, 4) is 0 Å². The zero-order chi connectivity index (χ0) is 15.0. The maximum Gasteiger partial charge on any atom is 0.253 e. The number of fused-ring (bicyclic) bond motifs is 1. The normalized spacial score (nSPS) is 20.7. The number of nitrogens with one attached hydrogen (secondary N) is 1. The fourth-order valence-corrected chi connectivity index (χ4v) is 3.87. The van der Waals surface area contributed by atoms with Gasteiger partial charge in [0.05, 0.1) is 6.42 Å². The van der Waals surface area contributed by atoms with Crippen molar-refractivity contribution in [1.29, 1.82) is 0 Å². The first-order valence-electron chi connectivity index (χ1n) is 7.31. The Kier molecular flexibility index (Phi) is 3.69. The number of hydrogen-bond donors (Lipinski definition) is 1. The number of carbonyl (C=O) groups excluding carboxylic acids is 2. The highest BCUT2D eigenvalue weighted by atomic mass is 32.2. The Hall–Kier alpha value is -1.49. The van der Waals surface area contributed by atoms with E-state index in [0.29, 0.717) is 12.0 Å². The van der Waals surface area contributed by atoms with E-state index in [1.807, 2.05) is 34.9 Å². The lowest BCUT2D eigenvalue weighted by Gasteiger charge is -2.23. The van der Waals surface area contributed by atoms with Gasteiger partial charge in [0, 0.05) is 34.8 Å². The molecule has 112 valence electrons.